The lowest BCUT2D eigenvalue weighted by atomic mass is 10.3. The number of aromatic nitrogens is 2. The zero-order valence-electron chi connectivity index (χ0n) is 9.23. The van der Waals surface area contributed by atoms with Crippen LogP contribution in [0.25, 0.3) is 0 Å². The smallest absolute Gasteiger partial charge is 0.269 e. The van der Waals surface area contributed by atoms with Crippen LogP contribution in [0.2, 0.25) is 0 Å². The molecule has 2 aromatic rings. The molecule has 0 fully saturated rings. The maximum absolute atomic E-state index is 13.4. The van der Waals surface area contributed by atoms with Gasteiger partial charge in [0.15, 0.2) is 17.3 Å². The molecule has 0 radical (unpaired) electrons. The Labute approximate surface area is 114 Å². The second-order valence-corrected chi connectivity index (χ2v) is 4.34. The molecule has 0 aliphatic carbocycles. The number of hydrogen-bond donors (Lipinski definition) is 1. The van der Waals surface area contributed by atoms with Crippen molar-refractivity contribution >= 4 is 21.8 Å². The van der Waals surface area contributed by atoms with Crippen molar-refractivity contribution < 1.29 is 18.3 Å². The molecule has 0 aliphatic rings. The standard InChI is InChI=1S/C11H6BrF2N3O2/c12-5-3-6(13)10(14)8(4-5)19-9-2-1-7(11(15)18)16-17-9/h1-4H,(H2,15,18). The molecule has 2 rings (SSSR count). The van der Waals surface area contributed by atoms with Gasteiger partial charge in [-0.1, -0.05) is 15.9 Å². The van der Waals surface area contributed by atoms with E-state index in [4.69, 9.17) is 10.5 Å². The molecule has 8 heteroatoms. The van der Waals surface area contributed by atoms with Gasteiger partial charge in [0.2, 0.25) is 11.7 Å². The average molecular weight is 330 g/mol. The highest BCUT2D eigenvalue weighted by atomic mass is 79.9. The Bertz CT molecular complexity index is 635. The van der Waals surface area contributed by atoms with Crippen LogP contribution in [0, 0.1) is 11.6 Å². The number of nitrogens with zero attached hydrogens (tertiary/aromatic N) is 2. The molecule has 0 saturated carbocycles. The Balaban J connectivity index is 2.28. The number of halogens is 3. The minimum atomic E-state index is -1.15. The SMILES string of the molecule is NC(=O)c1ccc(Oc2cc(Br)cc(F)c2F)nn1. The first kappa shape index (κ1) is 13.3. The summed E-state index contributed by atoms with van der Waals surface area (Å²) in [6.45, 7) is 0. The lowest BCUT2D eigenvalue weighted by Crippen LogP contribution is -2.13. The quantitative estimate of drug-likeness (QED) is 0.877. The fourth-order valence-corrected chi connectivity index (χ4v) is 1.63. The molecule has 2 N–H and O–H groups in total. The van der Waals surface area contributed by atoms with Crippen LogP contribution in [-0.2, 0) is 0 Å². The summed E-state index contributed by atoms with van der Waals surface area (Å²) in [4.78, 5) is 10.8. The van der Waals surface area contributed by atoms with E-state index in [1.54, 1.807) is 0 Å². The first-order valence-electron chi connectivity index (χ1n) is 4.93. The predicted octanol–water partition coefficient (Wildman–Crippen LogP) is 2.41. The van der Waals surface area contributed by atoms with Crippen molar-refractivity contribution in [2.75, 3.05) is 0 Å². The highest BCUT2D eigenvalue weighted by molar-refractivity contribution is 9.10. The summed E-state index contributed by atoms with van der Waals surface area (Å²) in [5.74, 6) is -3.41. The molecule has 0 atom stereocenters. The average Bonchev–Trinajstić information content (AvgIpc) is 2.36. The number of amides is 1. The monoisotopic (exact) mass is 329 g/mol. The van der Waals surface area contributed by atoms with E-state index in [0.717, 1.165) is 6.07 Å². The lowest BCUT2D eigenvalue weighted by molar-refractivity contribution is 0.0994. The van der Waals surface area contributed by atoms with Gasteiger partial charge >= 0.3 is 0 Å². The second-order valence-electron chi connectivity index (χ2n) is 3.42. The molecule has 98 valence electrons. The molecule has 0 bridgehead atoms. The summed E-state index contributed by atoms with van der Waals surface area (Å²) in [6, 6.07) is 4.73. The molecule has 1 aromatic heterocycles. The lowest BCUT2D eigenvalue weighted by Gasteiger charge is -2.06. The van der Waals surface area contributed by atoms with E-state index in [2.05, 4.69) is 26.1 Å². The number of carbonyl (C=O) groups is 1. The summed E-state index contributed by atoms with van der Waals surface area (Å²) < 4.78 is 31.9. The van der Waals surface area contributed by atoms with Gasteiger partial charge in [-0.05, 0) is 18.2 Å². The van der Waals surface area contributed by atoms with Crippen LogP contribution in [0.5, 0.6) is 11.6 Å². The molecule has 1 amide bonds. The molecular weight excluding hydrogens is 324 g/mol. The third-order valence-corrected chi connectivity index (χ3v) is 2.52. The van der Waals surface area contributed by atoms with Crippen molar-refractivity contribution in [1.82, 2.24) is 10.2 Å². The number of benzene rings is 1. The van der Waals surface area contributed by atoms with E-state index < -0.39 is 17.5 Å². The Morgan fingerprint density at radius 1 is 1.26 bits per heavy atom. The molecule has 5 nitrogen and oxygen atoms in total. The van der Waals surface area contributed by atoms with Gasteiger partial charge in [-0.2, -0.15) is 4.39 Å². The Morgan fingerprint density at radius 2 is 2.00 bits per heavy atom. The van der Waals surface area contributed by atoms with Crippen molar-refractivity contribution in [3.05, 3.63) is 46.1 Å². The molecule has 1 heterocycles. The Kier molecular flexibility index (Phi) is 3.70. The molecule has 0 spiro atoms. The first-order valence-corrected chi connectivity index (χ1v) is 5.72. The van der Waals surface area contributed by atoms with Gasteiger partial charge in [-0.25, -0.2) is 4.39 Å². The van der Waals surface area contributed by atoms with E-state index in [-0.39, 0.29) is 17.3 Å². The zero-order chi connectivity index (χ0) is 14.0. The summed E-state index contributed by atoms with van der Waals surface area (Å²) in [7, 11) is 0. The normalized spacial score (nSPS) is 10.3. The molecule has 1 aromatic carbocycles. The van der Waals surface area contributed by atoms with Gasteiger partial charge in [-0.3, -0.25) is 4.79 Å². The summed E-state index contributed by atoms with van der Waals surface area (Å²) >= 11 is 3.01. The van der Waals surface area contributed by atoms with E-state index in [1.807, 2.05) is 0 Å². The number of nitrogens with two attached hydrogens (primary N) is 1. The molecule has 0 aliphatic heterocycles. The number of rotatable bonds is 3. The minimum Gasteiger partial charge on any atom is -0.434 e. The van der Waals surface area contributed by atoms with Crippen LogP contribution < -0.4 is 10.5 Å². The van der Waals surface area contributed by atoms with Crippen LogP contribution in [0.3, 0.4) is 0 Å². The maximum Gasteiger partial charge on any atom is 0.269 e. The van der Waals surface area contributed by atoms with Crippen molar-refractivity contribution in [2.45, 2.75) is 0 Å². The van der Waals surface area contributed by atoms with Gasteiger partial charge in [0.05, 0.1) is 0 Å². The van der Waals surface area contributed by atoms with E-state index >= 15 is 0 Å². The third kappa shape index (κ3) is 3.02. The molecule has 0 unspecified atom stereocenters. The number of primary amides is 1. The fourth-order valence-electron chi connectivity index (χ4n) is 1.23. The van der Waals surface area contributed by atoms with E-state index in [1.165, 1.54) is 18.2 Å². The van der Waals surface area contributed by atoms with Gasteiger partial charge in [-0.15, -0.1) is 10.2 Å². The van der Waals surface area contributed by atoms with Crippen molar-refractivity contribution in [3.8, 4) is 11.6 Å². The second kappa shape index (κ2) is 5.27. The van der Waals surface area contributed by atoms with E-state index in [0.29, 0.717) is 4.47 Å². The predicted molar refractivity (Wildman–Crippen MR) is 64.7 cm³/mol. The van der Waals surface area contributed by atoms with Crippen molar-refractivity contribution in [1.29, 1.82) is 0 Å². The van der Waals surface area contributed by atoms with E-state index in [9.17, 15) is 13.6 Å². The summed E-state index contributed by atoms with van der Waals surface area (Å²) in [6.07, 6.45) is 0. The van der Waals surface area contributed by atoms with Crippen LogP contribution in [0.15, 0.2) is 28.7 Å². The number of ether oxygens (including phenoxy) is 1. The maximum atomic E-state index is 13.4. The Hall–Kier alpha value is -2.09. The molecule has 0 saturated heterocycles. The molecular formula is C11H6BrF2N3O2. The summed E-state index contributed by atoms with van der Waals surface area (Å²) in [5, 5.41) is 6.99. The highest BCUT2D eigenvalue weighted by Crippen LogP contribution is 2.28. The van der Waals surface area contributed by atoms with Crippen molar-refractivity contribution in [3.63, 3.8) is 0 Å². The van der Waals surface area contributed by atoms with Gasteiger partial charge < -0.3 is 10.5 Å². The summed E-state index contributed by atoms with van der Waals surface area (Å²) in [5.41, 5.74) is 4.92. The fraction of sp³-hybridized carbons (Fsp3) is 0. The minimum absolute atomic E-state index is 0.0618. The van der Waals surface area contributed by atoms with Gasteiger partial charge in [0.1, 0.15) is 0 Å². The van der Waals surface area contributed by atoms with Crippen LogP contribution in [-0.4, -0.2) is 16.1 Å². The largest absolute Gasteiger partial charge is 0.434 e. The van der Waals surface area contributed by atoms with Crippen LogP contribution >= 0.6 is 15.9 Å². The molecule has 19 heavy (non-hydrogen) atoms. The van der Waals surface area contributed by atoms with Gasteiger partial charge in [0.25, 0.3) is 5.91 Å². The van der Waals surface area contributed by atoms with Crippen molar-refractivity contribution in [2.24, 2.45) is 5.73 Å². The zero-order valence-corrected chi connectivity index (χ0v) is 10.8. The number of carbonyl (C=O) groups excluding carboxylic acids is 1. The number of hydrogen-bond acceptors (Lipinski definition) is 4. The highest BCUT2D eigenvalue weighted by Gasteiger charge is 2.13. The van der Waals surface area contributed by atoms with Gasteiger partial charge in [0, 0.05) is 10.5 Å². The third-order valence-electron chi connectivity index (χ3n) is 2.07. The van der Waals surface area contributed by atoms with Crippen LogP contribution in [0.1, 0.15) is 10.5 Å². The Morgan fingerprint density at radius 3 is 2.58 bits per heavy atom. The topological polar surface area (TPSA) is 78.1 Å². The van der Waals surface area contributed by atoms with Crippen LogP contribution in [0.4, 0.5) is 8.78 Å². The first-order chi connectivity index (χ1) is 8.97.